The van der Waals surface area contributed by atoms with Crippen molar-refractivity contribution in [3.05, 3.63) is 28.8 Å². The van der Waals surface area contributed by atoms with Crippen LogP contribution in [0.3, 0.4) is 0 Å². The van der Waals surface area contributed by atoms with Crippen LogP contribution in [0.25, 0.3) is 0 Å². The number of unbranched alkanes of at least 4 members (excludes halogenated alkanes) is 1. The molecule has 18 heavy (non-hydrogen) atoms. The predicted molar refractivity (Wildman–Crippen MR) is 73.2 cm³/mol. The van der Waals surface area contributed by atoms with Crippen molar-refractivity contribution in [2.24, 2.45) is 5.10 Å². The molecule has 0 radical (unpaired) electrons. The van der Waals surface area contributed by atoms with E-state index in [0.717, 1.165) is 25.0 Å². The van der Waals surface area contributed by atoms with Gasteiger partial charge in [0, 0.05) is 10.7 Å². The number of phenols is 1. The maximum absolute atomic E-state index is 11.7. The summed E-state index contributed by atoms with van der Waals surface area (Å²) in [5.74, 6) is -0.596. The molecule has 1 aromatic carbocycles. The van der Waals surface area contributed by atoms with Gasteiger partial charge in [0.15, 0.2) is 0 Å². The molecule has 5 heteroatoms. The van der Waals surface area contributed by atoms with E-state index in [4.69, 9.17) is 11.6 Å². The first kappa shape index (κ1) is 14.5. The fourth-order valence-corrected chi connectivity index (χ4v) is 1.56. The van der Waals surface area contributed by atoms with Crippen LogP contribution in [0.4, 0.5) is 0 Å². The van der Waals surface area contributed by atoms with Crippen LogP contribution in [0.5, 0.6) is 5.75 Å². The largest absolute Gasteiger partial charge is 0.507 e. The molecule has 1 rings (SSSR count). The number of hydrazone groups is 1. The SMILES string of the molecule is CCCC/C(C)=N\NC(=O)c1ccc(Cl)cc1O. The maximum atomic E-state index is 11.7. The molecule has 0 aliphatic heterocycles. The average molecular weight is 269 g/mol. The van der Waals surface area contributed by atoms with Gasteiger partial charge in [-0.1, -0.05) is 24.9 Å². The normalized spacial score (nSPS) is 11.4. The van der Waals surface area contributed by atoms with E-state index >= 15 is 0 Å². The molecule has 0 saturated heterocycles. The lowest BCUT2D eigenvalue weighted by Crippen LogP contribution is -2.19. The van der Waals surface area contributed by atoms with Crippen molar-refractivity contribution >= 4 is 23.2 Å². The van der Waals surface area contributed by atoms with E-state index in [1.54, 1.807) is 6.07 Å². The Morgan fingerprint density at radius 3 is 2.83 bits per heavy atom. The number of benzene rings is 1. The molecule has 1 amide bonds. The van der Waals surface area contributed by atoms with Gasteiger partial charge in [-0.3, -0.25) is 4.79 Å². The number of hydrogen-bond donors (Lipinski definition) is 2. The molecule has 2 N–H and O–H groups in total. The first-order valence-corrected chi connectivity index (χ1v) is 6.24. The van der Waals surface area contributed by atoms with Gasteiger partial charge in [0.2, 0.25) is 0 Å². The quantitative estimate of drug-likeness (QED) is 0.635. The third-order valence-electron chi connectivity index (χ3n) is 2.44. The van der Waals surface area contributed by atoms with Crippen molar-refractivity contribution in [1.29, 1.82) is 0 Å². The second-order valence-corrected chi connectivity index (χ2v) is 4.49. The fourth-order valence-electron chi connectivity index (χ4n) is 1.39. The number of phenolic OH excluding ortho intramolecular Hbond substituents is 1. The Hall–Kier alpha value is -1.55. The van der Waals surface area contributed by atoms with E-state index in [-0.39, 0.29) is 11.3 Å². The molecule has 0 aliphatic rings. The minimum absolute atomic E-state index is 0.151. The van der Waals surface area contributed by atoms with E-state index in [0.29, 0.717) is 5.02 Å². The Bertz CT molecular complexity index is 458. The number of amides is 1. The summed E-state index contributed by atoms with van der Waals surface area (Å²) in [5, 5.41) is 13.9. The Kier molecular flexibility index (Phi) is 5.65. The third-order valence-corrected chi connectivity index (χ3v) is 2.68. The van der Waals surface area contributed by atoms with Crippen molar-refractivity contribution in [2.45, 2.75) is 33.1 Å². The molecule has 0 aliphatic carbocycles. The lowest BCUT2D eigenvalue weighted by atomic mass is 10.2. The molecular weight excluding hydrogens is 252 g/mol. The van der Waals surface area contributed by atoms with Crippen LogP contribution in [0.1, 0.15) is 43.5 Å². The number of aromatic hydroxyl groups is 1. The first-order valence-electron chi connectivity index (χ1n) is 5.86. The van der Waals surface area contributed by atoms with E-state index < -0.39 is 5.91 Å². The van der Waals surface area contributed by atoms with Gasteiger partial charge in [0.1, 0.15) is 5.75 Å². The second-order valence-electron chi connectivity index (χ2n) is 4.05. The van der Waals surface area contributed by atoms with Crippen molar-refractivity contribution in [2.75, 3.05) is 0 Å². The lowest BCUT2D eigenvalue weighted by Gasteiger charge is -2.04. The molecule has 0 spiro atoms. The number of nitrogens with one attached hydrogen (secondary N) is 1. The zero-order valence-corrected chi connectivity index (χ0v) is 11.3. The highest BCUT2D eigenvalue weighted by atomic mass is 35.5. The molecule has 1 aromatic rings. The molecular formula is C13H17ClN2O2. The molecule has 0 fully saturated rings. The summed E-state index contributed by atoms with van der Waals surface area (Å²) in [7, 11) is 0. The highest BCUT2D eigenvalue weighted by Crippen LogP contribution is 2.21. The molecule has 0 heterocycles. The Morgan fingerprint density at radius 1 is 1.50 bits per heavy atom. The van der Waals surface area contributed by atoms with Crippen LogP contribution in [-0.4, -0.2) is 16.7 Å². The van der Waals surface area contributed by atoms with Gasteiger partial charge in [-0.05, 0) is 38.0 Å². The molecule has 4 nitrogen and oxygen atoms in total. The lowest BCUT2D eigenvalue weighted by molar-refractivity contribution is 0.0952. The van der Waals surface area contributed by atoms with Crippen LogP contribution in [0.15, 0.2) is 23.3 Å². The van der Waals surface area contributed by atoms with E-state index in [9.17, 15) is 9.90 Å². The molecule has 98 valence electrons. The summed E-state index contributed by atoms with van der Waals surface area (Å²) in [6, 6.07) is 4.33. The van der Waals surface area contributed by atoms with Crippen LogP contribution in [-0.2, 0) is 0 Å². The standard InChI is InChI=1S/C13H17ClN2O2/c1-3-4-5-9(2)15-16-13(18)11-7-6-10(14)8-12(11)17/h6-8,17H,3-5H2,1-2H3,(H,16,18)/b15-9-. The van der Waals surface area contributed by atoms with E-state index in [1.807, 2.05) is 6.92 Å². The van der Waals surface area contributed by atoms with Crippen LogP contribution in [0, 0.1) is 0 Å². The summed E-state index contributed by atoms with van der Waals surface area (Å²) in [5.41, 5.74) is 3.43. The number of nitrogens with zero attached hydrogens (tertiary/aromatic N) is 1. The summed E-state index contributed by atoms with van der Waals surface area (Å²) in [4.78, 5) is 11.7. The van der Waals surface area contributed by atoms with Crippen LogP contribution in [0.2, 0.25) is 5.02 Å². The van der Waals surface area contributed by atoms with Crippen LogP contribution < -0.4 is 5.43 Å². The number of carbonyl (C=O) groups is 1. The Labute approximate surface area is 112 Å². The summed E-state index contributed by atoms with van der Waals surface area (Å²) in [6.07, 6.45) is 2.97. The average Bonchev–Trinajstić information content (AvgIpc) is 2.33. The van der Waals surface area contributed by atoms with Crippen LogP contribution >= 0.6 is 11.6 Å². The molecule has 0 unspecified atom stereocenters. The Balaban J connectivity index is 2.65. The summed E-state index contributed by atoms with van der Waals surface area (Å²) < 4.78 is 0. The van der Waals surface area contributed by atoms with Crippen molar-refractivity contribution in [3.8, 4) is 5.75 Å². The minimum atomic E-state index is -0.444. The summed E-state index contributed by atoms with van der Waals surface area (Å²) >= 11 is 5.69. The zero-order chi connectivity index (χ0) is 13.5. The van der Waals surface area contributed by atoms with Gasteiger partial charge >= 0.3 is 0 Å². The molecule has 0 bridgehead atoms. The molecule has 0 aromatic heterocycles. The third kappa shape index (κ3) is 4.37. The minimum Gasteiger partial charge on any atom is -0.507 e. The van der Waals surface area contributed by atoms with Gasteiger partial charge in [-0.25, -0.2) is 5.43 Å². The number of hydrogen-bond acceptors (Lipinski definition) is 3. The highest BCUT2D eigenvalue weighted by Gasteiger charge is 2.10. The second kappa shape index (κ2) is 7.01. The highest BCUT2D eigenvalue weighted by molar-refractivity contribution is 6.30. The molecule has 0 atom stereocenters. The monoisotopic (exact) mass is 268 g/mol. The number of carbonyl (C=O) groups excluding carboxylic acids is 1. The number of rotatable bonds is 5. The van der Waals surface area contributed by atoms with Crippen molar-refractivity contribution < 1.29 is 9.90 Å². The topological polar surface area (TPSA) is 61.7 Å². The predicted octanol–water partition coefficient (Wildman–Crippen LogP) is 3.34. The van der Waals surface area contributed by atoms with Gasteiger partial charge < -0.3 is 5.11 Å². The van der Waals surface area contributed by atoms with Gasteiger partial charge in [0.05, 0.1) is 5.56 Å². The van der Waals surface area contributed by atoms with Gasteiger partial charge in [-0.15, -0.1) is 0 Å². The van der Waals surface area contributed by atoms with E-state index in [2.05, 4.69) is 17.5 Å². The van der Waals surface area contributed by atoms with Gasteiger partial charge in [0.25, 0.3) is 5.91 Å². The zero-order valence-electron chi connectivity index (χ0n) is 10.5. The molecule has 0 saturated carbocycles. The Morgan fingerprint density at radius 2 is 2.22 bits per heavy atom. The van der Waals surface area contributed by atoms with Crippen molar-refractivity contribution in [3.63, 3.8) is 0 Å². The van der Waals surface area contributed by atoms with E-state index in [1.165, 1.54) is 12.1 Å². The smallest absolute Gasteiger partial charge is 0.275 e. The maximum Gasteiger partial charge on any atom is 0.275 e. The number of halogens is 1. The van der Waals surface area contributed by atoms with Crippen molar-refractivity contribution in [1.82, 2.24) is 5.43 Å². The van der Waals surface area contributed by atoms with Gasteiger partial charge in [-0.2, -0.15) is 5.10 Å². The summed E-state index contributed by atoms with van der Waals surface area (Å²) in [6.45, 7) is 3.95. The first-order chi connectivity index (χ1) is 8.54. The fraction of sp³-hybridized carbons (Fsp3) is 0.385.